The van der Waals surface area contributed by atoms with Gasteiger partial charge in [0.05, 0.1) is 6.61 Å². The number of carbonyl (C=O) groups is 1. The minimum atomic E-state index is -0.0551. The highest BCUT2D eigenvalue weighted by Crippen LogP contribution is 2.25. The predicted molar refractivity (Wildman–Crippen MR) is 109 cm³/mol. The molecule has 2 N–H and O–H groups in total. The molecule has 4 nitrogen and oxygen atoms in total. The summed E-state index contributed by atoms with van der Waals surface area (Å²) in [5, 5.41) is 12.3. The molecule has 0 aromatic heterocycles. The lowest BCUT2D eigenvalue weighted by molar-refractivity contribution is 0.0951. The van der Waals surface area contributed by atoms with E-state index in [-0.39, 0.29) is 12.5 Å². The number of fused-ring (bicyclic) bond motifs is 1. The molecule has 0 radical (unpaired) electrons. The number of nitrogens with one attached hydrogen (secondary N) is 1. The van der Waals surface area contributed by atoms with Gasteiger partial charge in [0.15, 0.2) is 0 Å². The monoisotopic (exact) mass is 372 g/mol. The molecule has 0 saturated heterocycles. The first-order valence-corrected chi connectivity index (χ1v) is 9.56. The van der Waals surface area contributed by atoms with Crippen molar-refractivity contribution < 1.29 is 9.90 Å². The largest absolute Gasteiger partial charge is 0.392 e. The normalized spacial score (nSPS) is 13.3. The van der Waals surface area contributed by atoms with E-state index in [2.05, 4.69) is 22.3 Å². The number of nitrogens with zero attached hydrogens (tertiary/aromatic N) is 1. The van der Waals surface area contributed by atoms with Crippen LogP contribution >= 0.6 is 0 Å². The maximum Gasteiger partial charge on any atom is 0.251 e. The van der Waals surface area contributed by atoms with Crippen molar-refractivity contribution in [3.8, 4) is 0 Å². The van der Waals surface area contributed by atoms with E-state index in [4.69, 9.17) is 0 Å². The molecule has 1 heterocycles. The van der Waals surface area contributed by atoms with Gasteiger partial charge in [-0.1, -0.05) is 60.7 Å². The zero-order chi connectivity index (χ0) is 19.3. The van der Waals surface area contributed by atoms with Gasteiger partial charge in [-0.3, -0.25) is 9.69 Å². The Hall–Kier alpha value is -2.95. The summed E-state index contributed by atoms with van der Waals surface area (Å²) in [5.41, 5.74) is 6.54. The van der Waals surface area contributed by atoms with Crippen molar-refractivity contribution in [1.29, 1.82) is 0 Å². The van der Waals surface area contributed by atoms with Crippen LogP contribution in [0.5, 0.6) is 0 Å². The average molecular weight is 372 g/mol. The maximum absolute atomic E-state index is 12.3. The average Bonchev–Trinajstić information content (AvgIpc) is 3.14. The van der Waals surface area contributed by atoms with Gasteiger partial charge in [0.1, 0.15) is 0 Å². The predicted octanol–water partition coefficient (Wildman–Crippen LogP) is 3.62. The fourth-order valence-electron chi connectivity index (χ4n) is 3.63. The summed E-state index contributed by atoms with van der Waals surface area (Å²) < 4.78 is 0. The molecule has 0 fully saturated rings. The summed E-state index contributed by atoms with van der Waals surface area (Å²) in [6.07, 6.45) is 0. The molecule has 142 valence electrons. The SMILES string of the molecule is O=C(NCc1ccccc1)c1ccc(CN2Cc3ccc(CO)cc3C2)cc1. The van der Waals surface area contributed by atoms with Gasteiger partial charge in [0, 0.05) is 31.7 Å². The third-order valence-corrected chi connectivity index (χ3v) is 5.16. The van der Waals surface area contributed by atoms with Crippen molar-refractivity contribution in [2.75, 3.05) is 0 Å². The molecule has 1 amide bonds. The molecule has 0 atom stereocenters. The number of hydrogen-bond donors (Lipinski definition) is 2. The summed E-state index contributed by atoms with van der Waals surface area (Å²) in [4.78, 5) is 14.7. The smallest absolute Gasteiger partial charge is 0.251 e. The number of aliphatic hydroxyl groups is 1. The molecule has 1 aliphatic heterocycles. The molecule has 28 heavy (non-hydrogen) atoms. The molecular formula is C24H24N2O2. The highest BCUT2D eigenvalue weighted by molar-refractivity contribution is 5.94. The third-order valence-electron chi connectivity index (χ3n) is 5.16. The van der Waals surface area contributed by atoms with Crippen LogP contribution in [0.4, 0.5) is 0 Å². The Morgan fingerprint density at radius 1 is 0.857 bits per heavy atom. The number of carbonyl (C=O) groups excluding carboxylic acids is 1. The number of hydrogen-bond acceptors (Lipinski definition) is 3. The van der Waals surface area contributed by atoms with Crippen molar-refractivity contribution >= 4 is 5.91 Å². The quantitative estimate of drug-likeness (QED) is 0.695. The van der Waals surface area contributed by atoms with Crippen LogP contribution in [0.15, 0.2) is 72.8 Å². The van der Waals surface area contributed by atoms with Gasteiger partial charge >= 0.3 is 0 Å². The fourth-order valence-corrected chi connectivity index (χ4v) is 3.63. The molecule has 4 heteroatoms. The minimum absolute atomic E-state index is 0.0551. The van der Waals surface area contributed by atoms with Gasteiger partial charge in [0.25, 0.3) is 5.91 Å². The van der Waals surface area contributed by atoms with E-state index in [0.29, 0.717) is 12.1 Å². The topological polar surface area (TPSA) is 52.6 Å². The second-order valence-electron chi connectivity index (χ2n) is 7.27. The van der Waals surface area contributed by atoms with Crippen molar-refractivity contribution in [3.63, 3.8) is 0 Å². The van der Waals surface area contributed by atoms with Crippen LogP contribution in [0, 0.1) is 0 Å². The Labute approximate surface area is 165 Å². The first-order chi connectivity index (χ1) is 13.7. The highest BCUT2D eigenvalue weighted by atomic mass is 16.3. The Morgan fingerprint density at radius 2 is 1.57 bits per heavy atom. The number of amides is 1. The Balaban J connectivity index is 1.33. The van der Waals surface area contributed by atoms with E-state index in [0.717, 1.165) is 30.8 Å². The fraction of sp³-hybridized carbons (Fsp3) is 0.208. The van der Waals surface area contributed by atoms with Crippen molar-refractivity contribution in [3.05, 3.63) is 106 Å². The van der Waals surface area contributed by atoms with Gasteiger partial charge in [-0.2, -0.15) is 0 Å². The molecule has 0 bridgehead atoms. The van der Waals surface area contributed by atoms with Crippen LogP contribution in [0.1, 0.15) is 38.2 Å². The summed E-state index contributed by atoms with van der Waals surface area (Å²) in [6.45, 7) is 3.27. The maximum atomic E-state index is 12.3. The van der Waals surface area contributed by atoms with Crippen LogP contribution < -0.4 is 5.32 Å². The summed E-state index contributed by atoms with van der Waals surface area (Å²) in [5.74, 6) is -0.0551. The molecular weight excluding hydrogens is 348 g/mol. The van der Waals surface area contributed by atoms with Gasteiger partial charge < -0.3 is 10.4 Å². The Bertz CT molecular complexity index is 952. The summed E-state index contributed by atoms with van der Waals surface area (Å²) in [7, 11) is 0. The molecule has 0 spiro atoms. The van der Waals surface area contributed by atoms with Gasteiger partial charge in [-0.25, -0.2) is 0 Å². The molecule has 0 saturated carbocycles. The molecule has 1 aliphatic rings. The van der Waals surface area contributed by atoms with Gasteiger partial charge in [-0.15, -0.1) is 0 Å². The zero-order valence-corrected chi connectivity index (χ0v) is 15.8. The van der Waals surface area contributed by atoms with Crippen LogP contribution in [0.3, 0.4) is 0 Å². The zero-order valence-electron chi connectivity index (χ0n) is 15.8. The molecule has 0 aliphatic carbocycles. The highest BCUT2D eigenvalue weighted by Gasteiger charge is 2.19. The molecule has 4 rings (SSSR count). The van der Waals surface area contributed by atoms with Crippen LogP contribution in [-0.2, 0) is 32.8 Å². The lowest BCUT2D eigenvalue weighted by Crippen LogP contribution is -2.22. The molecule has 3 aromatic carbocycles. The second kappa shape index (κ2) is 8.38. The first-order valence-electron chi connectivity index (χ1n) is 9.56. The summed E-state index contributed by atoms with van der Waals surface area (Å²) >= 11 is 0. The lowest BCUT2D eigenvalue weighted by Gasteiger charge is -2.15. The van der Waals surface area contributed by atoms with Crippen LogP contribution in [0.2, 0.25) is 0 Å². The Morgan fingerprint density at radius 3 is 2.32 bits per heavy atom. The van der Waals surface area contributed by atoms with E-state index in [9.17, 15) is 9.90 Å². The standard InChI is InChI=1S/C24H24N2O2/c27-17-20-8-11-22-15-26(16-23(22)12-20)14-19-6-9-21(10-7-19)24(28)25-13-18-4-2-1-3-5-18/h1-12,27H,13-17H2,(H,25,28). The second-order valence-corrected chi connectivity index (χ2v) is 7.27. The Kier molecular flexibility index (Phi) is 5.51. The number of benzene rings is 3. The number of aliphatic hydroxyl groups excluding tert-OH is 1. The van der Waals surface area contributed by atoms with E-state index in [1.807, 2.05) is 60.7 Å². The van der Waals surface area contributed by atoms with E-state index in [1.165, 1.54) is 16.7 Å². The van der Waals surface area contributed by atoms with E-state index in [1.54, 1.807) is 0 Å². The van der Waals surface area contributed by atoms with E-state index >= 15 is 0 Å². The minimum Gasteiger partial charge on any atom is -0.392 e. The van der Waals surface area contributed by atoms with Gasteiger partial charge in [0.2, 0.25) is 0 Å². The molecule has 3 aromatic rings. The first kappa shape index (κ1) is 18.4. The van der Waals surface area contributed by atoms with Crippen LogP contribution in [-0.4, -0.2) is 15.9 Å². The lowest BCUT2D eigenvalue weighted by atomic mass is 10.1. The van der Waals surface area contributed by atoms with Crippen molar-refractivity contribution in [2.24, 2.45) is 0 Å². The van der Waals surface area contributed by atoms with Gasteiger partial charge in [-0.05, 0) is 39.9 Å². The van der Waals surface area contributed by atoms with E-state index < -0.39 is 0 Å². The molecule has 0 unspecified atom stereocenters. The van der Waals surface area contributed by atoms with Crippen molar-refractivity contribution in [2.45, 2.75) is 32.8 Å². The third kappa shape index (κ3) is 4.30. The summed E-state index contributed by atoms with van der Waals surface area (Å²) in [6, 6.07) is 23.9. The number of rotatable bonds is 6. The van der Waals surface area contributed by atoms with Crippen LogP contribution in [0.25, 0.3) is 0 Å². The van der Waals surface area contributed by atoms with Crippen molar-refractivity contribution in [1.82, 2.24) is 10.2 Å².